The molecule has 0 aliphatic carbocycles. The fourth-order valence-electron chi connectivity index (χ4n) is 4.82. The lowest BCUT2D eigenvalue weighted by Crippen LogP contribution is -2.42. The van der Waals surface area contributed by atoms with Crippen molar-refractivity contribution >= 4 is 29.3 Å². The third kappa shape index (κ3) is 6.40. The molecule has 1 fully saturated rings. The number of benzene rings is 2. The van der Waals surface area contributed by atoms with Gasteiger partial charge in [-0.25, -0.2) is 4.39 Å². The quantitative estimate of drug-likeness (QED) is 0.283. The number of Topliss-reactive ketones (excluding diaryl/α,β-unsaturated/α-hetero) is 1. The van der Waals surface area contributed by atoms with Crippen LogP contribution >= 0.6 is 0 Å². The molecule has 0 bridgehead atoms. The number of esters is 1. The summed E-state index contributed by atoms with van der Waals surface area (Å²) in [5.74, 6) is -0.887. The zero-order valence-corrected chi connectivity index (χ0v) is 22.5. The van der Waals surface area contributed by atoms with Gasteiger partial charge in [-0.15, -0.1) is 0 Å². The van der Waals surface area contributed by atoms with Gasteiger partial charge in [0.2, 0.25) is 0 Å². The summed E-state index contributed by atoms with van der Waals surface area (Å²) in [7, 11) is 0. The van der Waals surface area contributed by atoms with Gasteiger partial charge in [0.15, 0.2) is 24.8 Å². The lowest BCUT2D eigenvalue weighted by Gasteiger charge is -2.31. The van der Waals surface area contributed by atoms with Crippen molar-refractivity contribution in [2.75, 3.05) is 37.8 Å². The second-order valence-corrected chi connectivity index (χ2v) is 9.73. The predicted octanol–water partition coefficient (Wildman–Crippen LogP) is 4.02. The molecule has 10 nitrogen and oxygen atoms in total. The van der Waals surface area contributed by atoms with Crippen molar-refractivity contribution in [2.24, 2.45) is 5.92 Å². The minimum Gasteiger partial charge on any atom is -0.485 e. The first-order chi connectivity index (χ1) is 19.8. The number of ether oxygens (including phenoxy) is 3. The summed E-state index contributed by atoms with van der Waals surface area (Å²) in [4.78, 5) is 53.9. The van der Waals surface area contributed by atoms with E-state index in [4.69, 9.17) is 18.6 Å². The van der Waals surface area contributed by atoms with Gasteiger partial charge in [-0.1, -0.05) is 0 Å². The Morgan fingerprint density at radius 3 is 2.66 bits per heavy atom. The molecule has 3 aromatic rings. The summed E-state index contributed by atoms with van der Waals surface area (Å²) in [5.41, 5.74) is 0.678. The number of carbonyl (C=O) groups excluding carboxylic acids is 4. The number of halogens is 1. The fourth-order valence-corrected chi connectivity index (χ4v) is 4.82. The number of piperidine rings is 1. The maximum absolute atomic E-state index is 13.1. The molecule has 2 amide bonds. The molecule has 1 atom stereocenters. The number of rotatable bonds is 9. The van der Waals surface area contributed by atoms with E-state index in [0.717, 1.165) is 0 Å². The molecule has 2 aromatic carbocycles. The largest absolute Gasteiger partial charge is 0.485 e. The van der Waals surface area contributed by atoms with Crippen molar-refractivity contribution in [2.45, 2.75) is 26.3 Å². The number of ketones is 1. The molecule has 0 saturated carbocycles. The maximum Gasteiger partial charge on any atom is 0.310 e. The topological polar surface area (TPSA) is 116 Å². The smallest absolute Gasteiger partial charge is 0.310 e. The molecule has 11 heteroatoms. The summed E-state index contributed by atoms with van der Waals surface area (Å²) in [6.45, 7) is 2.33. The molecular formula is C30H29FN2O8. The monoisotopic (exact) mass is 564 g/mol. The molecule has 214 valence electrons. The van der Waals surface area contributed by atoms with E-state index in [2.05, 4.69) is 0 Å². The minimum absolute atomic E-state index is 0.0116. The van der Waals surface area contributed by atoms with Gasteiger partial charge in [-0.2, -0.15) is 0 Å². The van der Waals surface area contributed by atoms with Gasteiger partial charge in [0.1, 0.15) is 23.1 Å². The highest BCUT2D eigenvalue weighted by Crippen LogP contribution is 2.34. The Bertz CT molecular complexity index is 1450. The Kier molecular flexibility index (Phi) is 8.32. The number of furan rings is 1. The Morgan fingerprint density at radius 1 is 1.07 bits per heavy atom. The van der Waals surface area contributed by atoms with Gasteiger partial charge in [-0.3, -0.25) is 24.1 Å². The zero-order valence-electron chi connectivity index (χ0n) is 22.5. The fraction of sp³-hybridized carbons (Fsp3) is 0.333. The van der Waals surface area contributed by atoms with Gasteiger partial charge < -0.3 is 23.5 Å². The van der Waals surface area contributed by atoms with Crippen molar-refractivity contribution in [1.29, 1.82) is 0 Å². The van der Waals surface area contributed by atoms with Crippen LogP contribution in [0.25, 0.3) is 0 Å². The van der Waals surface area contributed by atoms with Crippen LogP contribution in [0.4, 0.5) is 10.1 Å². The molecule has 2 aliphatic heterocycles. The zero-order chi connectivity index (χ0) is 28.9. The summed E-state index contributed by atoms with van der Waals surface area (Å²) in [6.07, 6.45) is 1.34. The number of carbonyl (C=O) groups is 4. The van der Waals surface area contributed by atoms with E-state index in [9.17, 15) is 23.6 Å². The molecular weight excluding hydrogens is 535 g/mol. The van der Waals surface area contributed by atoms with E-state index in [-0.39, 0.29) is 68.2 Å². The van der Waals surface area contributed by atoms with Crippen LogP contribution in [0.2, 0.25) is 0 Å². The van der Waals surface area contributed by atoms with Crippen molar-refractivity contribution in [3.8, 4) is 11.5 Å². The summed E-state index contributed by atoms with van der Waals surface area (Å²) in [6, 6.07) is 13.2. The molecule has 0 N–H and O–H groups in total. The van der Waals surface area contributed by atoms with E-state index >= 15 is 0 Å². The highest BCUT2D eigenvalue weighted by molar-refractivity contribution is 6.02. The van der Waals surface area contributed by atoms with Crippen molar-refractivity contribution < 1.29 is 42.2 Å². The van der Waals surface area contributed by atoms with Gasteiger partial charge in [0.25, 0.3) is 11.8 Å². The minimum atomic E-state index is -0.412. The molecule has 0 radical (unpaired) electrons. The van der Waals surface area contributed by atoms with Crippen LogP contribution in [0.15, 0.2) is 59.0 Å². The molecule has 5 rings (SSSR count). The summed E-state index contributed by atoms with van der Waals surface area (Å²) < 4.78 is 35.1. The number of hydrogen-bond acceptors (Lipinski definition) is 8. The van der Waals surface area contributed by atoms with E-state index in [1.54, 1.807) is 42.2 Å². The third-order valence-corrected chi connectivity index (χ3v) is 6.92. The Morgan fingerprint density at radius 2 is 1.88 bits per heavy atom. The summed E-state index contributed by atoms with van der Waals surface area (Å²) in [5, 5.41) is 0. The van der Waals surface area contributed by atoms with Gasteiger partial charge in [0, 0.05) is 18.7 Å². The average molecular weight is 565 g/mol. The van der Waals surface area contributed by atoms with Crippen LogP contribution in [-0.4, -0.2) is 61.4 Å². The second-order valence-electron chi connectivity index (χ2n) is 9.73. The first kappa shape index (κ1) is 27.9. The first-order valence-electron chi connectivity index (χ1n) is 13.4. The Hall–Kier alpha value is -4.67. The Balaban J connectivity index is 1.27. The van der Waals surface area contributed by atoms with Crippen LogP contribution in [0.1, 0.15) is 46.4 Å². The van der Waals surface area contributed by atoms with Crippen LogP contribution < -0.4 is 14.4 Å². The number of anilines is 1. The Labute approximate surface area is 235 Å². The van der Waals surface area contributed by atoms with Crippen LogP contribution in [0.5, 0.6) is 11.5 Å². The van der Waals surface area contributed by atoms with Gasteiger partial charge in [0.05, 0.1) is 24.8 Å². The van der Waals surface area contributed by atoms with Crippen LogP contribution in [0, 0.1) is 11.7 Å². The molecule has 0 spiro atoms. The predicted molar refractivity (Wildman–Crippen MR) is 143 cm³/mol. The van der Waals surface area contributed by atoms with E-state index in [0.29, 0.717) is 47.9 Å². The van der Waals surface area contributed by atoms with E-state index < -0.39 is 5.82 Å². The van der Waals surface area contributed by atoms with E-state index in [1.165, 1.54) is 29.2 Å². The second kappa shape index (κ2) is 12.2. The van der Waals surface area contributed by atoms with Crippen molar-refractivity contribution in [3.05, 3.63) is 77.5 Å². The summed E-state index contributed by atoms with van der Waals surface area (Å²) >= 11 is 0. The van der Waals surface area contributed by atoms with E-state index in [1.807, 2.05) is 0 Å². The van der Waals surface area contributed by atoms with Crippen molar-refractivity contribution in [3.63, 3.8) is 0 Å². The highest BCUT2D eigenvalue weighted by atomic mass is 19.1. The average Bonchev–Trinajstić information content (AvgIpc) is 3.46. The normalized spacial score (nSPS) is 16.5. The lowest BCUT2D eigenvalue weighted by atomic mass is 9.98. The standard InChI is InChI=1S/C30H29FN2O8/c1-2-38-30(37)20-4-3-13-32(15-20)29(36)27-12-10-23(41-27)16-33-24-14-19(5-11-26(24)40-18-28(33)35)25(34)17-39-22-8-6-21(31)7-9-22/h5-12,14,20H,2-4,13,15-18H2,1H3/t20-/m0/s1. The van der Waals surface area contributed by atoms with Crippen LogP contribution in [0.3, 0.4) is 0 Å². The number of hydrogen-bond donors (Lipinski definition) is 0. The molecule has 2 aliphatic rings. The molecule has 41 heavy (non-hydrogen) atoms. The third-order valence-electron chi connectivity index (χ3n) is 6.92. The number of fused-ring (bicyclic) bond motifs is 1. The number of likely N-dealkylation sites (tertiary alicyclic amines) is 1. The number of amides is 2. The SMILES string of the molecule is CCOC(=O)[C@H]1CCCN(C(=O)c2ccc(CN3C(=O)COc4ccc(C(=O)COc5ccc(F)cc5)cc43)o2)C1. The van der Waals surface area contributed by atoms with Gasteiger partial charge >= 0.3 is 5.97 Å². The lowest BCUT2D eigenvalue weighted by molar-refractivity contribution is -0.149. The maximum atomic E-state index is 13.1. The first-order valence-corrected chi connectivity index (χ1v) is 13.4. The number of nitrogens with zero attached hydrogens (tertiary/aromatic N) is 2. The van der Waals surface area contributed by atoms with Crippen LogP contribution in [-0.2, 0) is 20.9 Å². The molecule has 1 saturated heterocycles. The van der Waals surface area contributed by atoms with Crippen molar-refractivity contribution in [1.82, 2.24) is 4.90 Å². The highest BCUT2D eigenvalue weighted by Gasteiger charge is 2.32. The van der Waals surface area contributed by atoms with Gasteiger partial charge in [-0.05, 0) is 74.4 Å². The molecule has 0 unspecified atom stereocenters. The molecule has 1 aromatic heterocycles. The molecule has 3 heterocycles.